The van der Waals surface area contributed by atoms with Crippen LogP contribution in [0.15, 0.2) is 225 Å². The quantitative estimate of drug-likeness (QED) is 0.168. The minimum atomic E-state index is -0.606. The Morgan fingerprint density at radius 2 is 0.790 bits per heavy atom. The van der Waals surface area contributed by atoms with E-state index in [1.807, 2.05) is 54.9 Å². The van der Waals surface area contributed by atoms with Gasteiger partial charge in [-0.25, -0.2) is 9.97 Å². The van der Waals surface area contributed by atoms with E-state index in [4.69, 9.17) is 14.7 Å². The van der Waals surface area contributed by atoms with Crippen molar-refractivity contribution in [3.63, 3.8) is 0 Å². The summed E-state index contributed by atoms with van der Waals surface area (Å²) in [6.07, 6.45) is 3.75. The van der Waals surface area contributed by atoms with Gasteiger partial charge in [0.15, 0.2) is 5.82 Å². The molecule has 1 spiro atoms. The fourth-order valence-electron chi connectivity index (χ4n) is 9.60. The summed E-state index contributed by atoms with van der Waals surface area (Å²) in [4.78, 5) is 14.6. The summed E-state index contributed by atoms with van der Waals surface area (Å²) < 4.78 is 6.87. The van der Waals surface area contributed by atoms with E-state index in [1.165, 1.54) is 22.3 Å². The van der Waals surface area contributed by atoms with Crippen molar-refractivity contribution >= 4 is 0 Å². The van der Waals surface area contributed by atoms with Gasteiger partial charge in [0, 0.05) is 45.8 Å². The predicted molar refractivity (Wildman–Crippen MR) is 250 cm³/mol. The number of hydrogen-bond acceptors (Lipinski definition) is 4. The highest BCUT2D eigenvalue weighted by atomic mass is 16.5. The lowest BCUT2D eigenvalue weighted by Gasteiger charge is -2.40. The van der Waals surface area contributed by atoms with Gasteiger partial charge < -0.3 is 4.74 Å². The predicted octanol–water partition coefficient (Wildman–Crippen LogP) is 14.3. The Hall–Kier alpha value is -8.21. The van der Waals surface area contributed by atoms with Crippen LogP contribution in [0.3, 0.4) is 0 Å². The SMILES string of the molecule is c1ccc(-c2cc(-c3cccc(-c4cccc(-c5ccc6c(c5)C5(c7cc(-c8cccnc8)ccc7O6)c6ccccc6-c6ccccc65)c4)c3)nc(-c3ccccc3)n2)cc1. The summed E-state index contributed by atoms with van der Waals surface area (Å²) in [6, 6.07) is 75.3. The van der Waals surface area contributed by atoms with Crippen LogP contribution >= 0.6 is 0 Å². The number of fused-ring (bicyclic) bond motifs is 9. The first-order chi connectivity index (χ1) is 30.7. The zero-order chi connectivity index (χ0) is 41.0. The number of benzene rings is 8. The van der Waals surface area contributed by atoms with Crippen LogP contribution in [-0.2, 0) is 5.41 Å². The standard InChI is InChI=1S/C58H37N3O/c1-3-14-38(15-4-1)53-36-54(61-57(60-53)39-16-5-2-6-17-39)45-21-12-20-42(33-45)40-18-11-19-41(32-40)43-27-29-55-51(34-43)58(49-25-9-7-23-47(49)48-24-8-10-26-50(48)58)52-35-44(28-30-56(52)62-55)46-22-13-31-59-37-46/h1-37H. The number of nitrogens with zero attached hydrogens (tertiary/aromatic N) is 3. The molecule has 0 saturated carbocycles. The van der Waals surface area contributed by atoms with Crippen molar-refractivity contribution in [3.05, 3.63) is 247 Å². The van der Waals surface area contributed by atoms with Crippen molar-refractivity contribution < 1.29 is 4.74 Å². The van der Waals surface area contributed by atoms with Gasteiger partial charge in [-0.1, -0.05) is 164 Å². The lowest BCUT2D eigenvalue weighted by molar-refractivity contribution is 0.436. The van der Waals surface area contributed by atoms with Gasteiger partial charge in [0.1, 0.15) is 11.5 Å². The molecule has 0 radical (unpaired) electrons. The van der Waals surface area contributed by atoms with Gasteiger partial charge in [0.05, 0.1) is 16.8 Å². The second kappa shape index (κ2) is 14.5. The van der Waals surface area contributed by atoms with Crippen LogP contribution in [0, 0.1) is 0 Å². The average Bonchev–Trinajstić information content (AvgIpc) is 3.65. The van der Waals surface area contributed by atoms with E-state index in [1.54, 1.807) is 0 Å². The Morgan fingerprint density at radius 1 is 0.323 bits per heavy atom. The van der Waals surface area contributed by atoms with Gasteiger partial charge in [-0.3, -0.25) is 4.98 Å². The van der Waals surface area contributed by atoms with Gasteiger partial charge in [-0.15, -0.1) is 0 Å². The number of hydrogen-bond donors (Lipinski definition) is 0. The molecule has 0 fully saturated rings. The van der Waals surface area contributed by atoms with E-state index in [2.05, 4.69) is 175 Å². The number of aromatic nitrogens is 3. The van der Waals surface area contributed by atoms with Crippen LogP contribution in [0.4, 0.5) is 0 Å². The Labute approximate surface area is 360 Å². The van der Waals surface area contributed by atoms with Crippen LogP contribution in [0.5, 0.6) is 11.5 Å². The Kier molecular flexibility index (Phi) is 8.36. The second-order valence-electron chi connectivity index (χ2n) is 16.0. The van der Waals surface area contributed by atoms with E-state index in [-0.39, 0.29) is 0 Å². The third-order valence-corrected chi connectivity index (χ3v) is 12.4. The molecule has 1 aliphatic carbocycles. The molecule has 0 amide bonds. The molecule has 0 atom stereocenters. The molecular weight excluding hydrogens is 755 g/mol. The van der Waals surface area contributed by atoms with Gasteiger partial charge in [-0.2, -0.15) is 0 Å². The molecule has 1 aliphatic heterocycles. The Bertz CT molecular complexity index is 3220. The largest absolute Gasteiger partial charge is 0.457 e. The van der Waals surface area contributed by atoms with Crippen molar-refractivity contribution in [1.82, 2.24) is 15.0 Å². The molecule has 62 heavy (non-hydrogen) atoms. The molecule has 4 heteroatoms. The third kappa shape index (κ3) is 5.80. The van der Waals surface area contributed by atoms with Gasteiger partial charge in [0.25, 0.3) is 0 Å². The number of rotatable bonds is 6. The summed E-state index contributed by atoms with van der Waals surface area (Å²) in [5.41, 5.74) is 18.1. The maximum Gasteiger partial charge on any atom is 0.160 e. The lowest BCUT2D eigenvalue weighted by Crippen LogP contribution is -2.32. The van der Waals surface area contributed by atoms with Crippen molar-refractivity contribution in [2.24, 2.45) is 0 Å². The fourth-order valence-corrected chi connectivity index (χ4v) is 9.60. The number of pyridine rings is 1. The number of ether oxygens (including phenoxy) is 1. The normalized spacial score (nSPS) is 12.8. The first kappa shape index (κ1) is 35.7. The van der Waals surface area contributed by atoms with E-state index >= 15 is 0 Å². The summed E-state index contributed by atoms with van der Waals surface area (Å²) >= 11 is 0. The fraction of sp³-hybridized carbons (Fsp3) is 0.0172. The molecule has 0 N–H and O–H groups in total. The topological polar surface area (TPSA) is 47.9 Å². The molecule has 10 aromatic rings. The third-order valence-electron chi connectivity index (χ3n) is 12.4. The summed E-state index contributed by atoms with van der Waals surface area (Å²) in [5.74, 6) is 2.43. The van der Waals surface area contributed by atoms with Crippen molar-refractivity contribution in [2.45, 2.75) is 5.41 Å². The first-order valence-electron chi connectivity index (χ1n) is 21.0. The molecule has 290 valence electrons. The van der Waals surface area contributed by atoms with E-state index in [0.29, 0.717) is 5.82 Å². The van der Waals surface area contributed by atoms with E-state index in [0.717, 1.165) is 84.1 Å². The molecule has 0 saturated heterocycles. The van der Waals surface area contributed by atoms with Crippen LogP contribution in [0.1, 0.15) is 22.3 Å². The lowest BCUT2D eigenvalue weighted by atomic mass is 9.65. The molecule has 0 unspecified atom stereocenters. The molecule has 2 aliphatic rings. The Balaban J connectivity index is 0.986. The highest BCUT2D eigenvalue weighted by Crippen LogP contribution is 2.62. The van der Waals surface area contributed by atoms with Gasteiger partial charge in [-0.05, 0) is 98.6 Å². The smallest absolute Gasteiger partial charge is 0.160 e. The van der Waals surface area contributed by atoms with Crippen LogP contribution < -0.4 is 4.74 Å². The molecule has 0 bridgehead atoms. The molecule has 12 rings (SSSR count). The maximum atomic E-state index is 6.87. The molecular formula is C58H37N3O. The average molecular weight is 792 g/mol. The summed E-state index contributed by atoms with van der Waals surface area (Å²) in [7, 11) is 0. The van der Waals surface area contributed by atoms with Crippen molar-refractivity contribution in [2.75, 3.05) is 0 Å². The highest BCUT2D eigenvalue weighted by Gasteiger charge is 2.51. The maximum absolute atomic E-state index is 6.87. The monoisotopic (exact) mass is 791 g/mol. The van der Waals surface area contributed by atoms with Crippen molar-refractivity contribution in [3.8, 4) is 89.9 Å². The van der Waals surface area contributed by atoms with Gasteiger partial charge >= 0.3 is 0 Å². The van der Waals surface area contributed by atoms with Gasteiger partial charge in [0.2, 0.25) is 0 Å². The van der Waals surface area contributed by atoms with E-state index in [9.17, 15) is 0 Å². The van der Waals surface area contributed by atoms with Crippen LogP contribution in [-0.4, -0.2) is 15.0 Å². The minimum absolute atomic E-state index is 0.606. The zero-order valence-electron chi connectivity index (χ0n) is 33.6. The summed E-state index contributed by atoms with van der Waals surface area (Å²) in [5, 5.41) is 0. The molecule has 8 aromatic carbocycles. The Morgan fingerprint density at radius 3 is 1.39 bits per heavy atom. The molecule has 2 aromatic heterocycles. The molecule has 4 nitrogen and oxygen atoms in total. The van der Waals surface area contributed by atoms with Crippen molar-refractivity contribution in [1.29, 1.82) is 0 Å². The second-order valence-corrected chi connectivity index (χ2v) is 16.0. The minimum Gasteiger partial charge on any atom is -0.457 e. The summed E-state index contributed by atoms with van der Waals surface area (Å²) in [6.45, 7) is 0. The molecule has 3 heterocycles. The van der Waals surface area contributed by atoms with Crippen LogP contribution in [0.2, 0.25) is 0 Å². The first-order valence-corrected chi connectivity index (χ1v) is 21.0. The highest BCUT2D eigenvalue weighted by molar-refractivity contribution is 5.90. The zero-order valence-corrected chi connectivity index (χ0v) is 33.6. The van der Waals surface area contributed by atoms with Crippen LogP contribution in [0.25, 0.3) is 78.4 Å². The van der Waals surface area contributed by atoms with E-state index < -0.39 is 5.41 Å².